The minimum absolute atomic E-state index is 0.00144. The topological polar surface area (TPSA) is 20.2 Å². The number of benzene rings is 1. The molecule has 1 aromatic rings. The normalized spacial score (nSPS) is 16.2. The van der Waals surface area contributed by atoms with Gasteiger partial charge in [-0.3, -0.25) is 0 Å². The van der Waals surface area contributed by atoms with Crippen molar-refractivity contribution in [3.05, 3.63) is 29.3 Å². The molecule has 1 fully saturated rings. The highest BCUT2D eigenvalue weighted by Crippen LogP contribution is 2.36. The molecule has 0 saturated heterocycles. The standard InChI is InChI=1S/C11H12F2O/c12-11(13)8-3-4-10(14)9(6-8)5-7-1-2-7/h3-4,6-7,11,14H,1-2,5H2. The Kier molecular flexibility index (Phi) is 2.40. The molecule has 0 heterocycles. The molecule has 0 spiro atoms. The summed E-state index contributed by atoms with van der Waals surface area (Å²) in [6, 6.07) is 4.05. The summed E-state index contributed by atoms with van der Waals surface area (Å²) in [7, 11) is 0. The van der Waals surface area contributed by atoms with Crippen molar-refractivity contribution < 1.29 is 13.9 Å². The number of halogens is 2. The maximum Gasteiger partial charge on any atom is 0.263 e. The maximum atomic E-state index is 12.4. The van der Waals surface area contributed by atoms with Gasteiger partial charge >= 0.3 is 0 Å². The number of hydrogen-bond donors (Lipinski definition) is 1. The van der Waals surface area contributed by atoms with Gasteiger partial charge in [0.2, 0.25) is 0 Å². The summed E-state index contributed by atoms with van der Waals surface area (Å²) in [5, 5.41) is 9.45. The second kappa shape index (κ2) is 3.56. The van der Waals surface area contributed by atoms with Crippen LogP contribution in [0, 0.1) is 5.92 Å². The van der Waals surface area contributed by atoms with Gasteiger partial charge in [-0.1, -0.05) is 0 Å². The predicted octanol–water partition coefficient (Wildman–Crippen LogP) is 3.28. The van der Waals surface area contributed by atoms with Gasteiger partial charge in [0.1, 0.15) is 5.75 Å². The minimum atomic E-state index is -2.45. The Balaban J connectivity index is 2.21. The zero-order valence-electron chi connectivity index (χ0n) is 7.71. The fourth-order valence-electron chi connectivity index (χ4n) is 1.54. The van der Waals surface area contributed by atoms with Crippen molar-refractivity contribution in [1.29, 1.82) is 0 Å². The Morgan fingerprint density at radius 1 is 1.36 bits per heavy atom. The lowest BCUT2D eigenvalue weighted by Crippen LogP contribution is -1.91. The molecule has 1 N–H and O–H groups in total. The first kappa shape index (κ1) is 9.44. The van der Waals surface area contributed by atoms with Crippen molar-refractivity contribution in [2.24, 2.45) is 5.92 Å². The molecule has 1 nitrogen and oxygen atoms in total. The summed E-state index contributed by atoms with van der Waals surface area (Å²) in [6.07, 6.45) is 0.580. The third-order valence-corrected chi connectivity index (χ3v) is 2.56. The summed E-state index contributed by atoms with van der Waals surface area (Å²) >= 11 is 0. The maximum absolute atomic E-state index is 12.4. The molecule has 2 rings (SSSR count). The van der Waals surface area contributed by atoms with E-state index in [1.807, 2.05) is 0 Å². The summed E-state index contributed by atoms with van der Waals surface area (Å²) in [5.74, 6) is 0.732. The molecular weight excluding hydrogens is 186 g/mol. The zero-order chi connectivity index (χ0) is 10.1. The molecule has 1 saturated carbocycles. The number of phenolic OH excluding ortho intramolecular Hbond substituents is 1. The Hall–Kier alpha value is -1.12. The summed E-state index contributed by atoms with van der Waals surface area (Å²) in [5.41, 5.74) is 0.656. The van der Waals surface area contributed by atoms with E-state index in [0.29, 0.717) is 11.5 Å². The van der Waals surface area contributed by atoms with E-state index in [1.165, 1.54) is 18.2 Å². The molecule has 0 aliphatic heterocycles. The second-order valence-electron chi connectivity index (χ2n) is 3.84. The highest BCUT2D eigenvalue weighted by molar-refractivity contribution is 5.37. The zero-order valence-corrected chi connectivity index (χ0v) is 7.71. The van der Waals surface area contributed by atoms with Crippen LogP contribution in [0.25, 0.3) is 0 Å². The Labute approximate surface area is 81.4 Å². The molecule has 3 heteroatoms. The number of phenols is 1. The average molecular weight is 198 g/mol. The quantitative estimate of drug-likeness (QED) is 0.790. The number of alkyl halides is 2. The van der Waals surface area contributed by atoms with Crippen LogP contribution in [0.4, 0.5) is 8.78 Å². The molecular formula is C11H12F2O. The number of aromatic hydroxyl groups is 1. The minimum Gasteiger partial charge on any atom is -0.508 e. The van der Waals surface area contributed by atoms with E-state index in [4.69, 9.17) is 0 Å². The van der Waals surface area contributed by atoms with Gasteiger partial charge in [-0.2, -0.15) is 0 Å². The average Bonchev–Trinajstić information content (AvgIpc) is 2.92. The molecule has 0 unspecified atom stereocenters. The number of rotatable bonds is 3. The molecule has 1 aliphatic rings. The first-order valence-electron chi connectivity index (χ1n) is 4.77. The largest absolute Gasteiger partial charge is 0.508 e. The third-order valence-electron chi connectivity index (χ3n) is 2.56. The fourth-order valence-corrected chi connectivity index (χ4v) is 1.54. The van der Waals surface area contributed by atoms with Crippen LogP contribution in [0.2, 0.25) is 0 Å². The Morgan fingerprint density at radius 3 is 2.64 bits per heavy atom. The van der Waals surface area contributed by atoms with E-state index in [0.717, 1.165) is 19.3 Å². The smallest absolute Gasteiger partial charge is 0.263 e. The van der Waals surface area contributed by atoms with Gasteiger partial charge in [0.05, 0.1) is 0 Å². The van der Waals surface area contributed by atoms with E-state index in [1.54, 1.807) is 0 Å². The van der Waals surface area contributed by atoms with Crippen molar-refractivity contribution in [2.75, 3.05) is 0 Å². The van der Waals surface area contributed by atoms with E-state index in [9.17, 15) is 13.9 Å². The van der Waals surface area contributed by atoms with Crippen LogP contribution in [0.15, 0.2) is 18.2 Å². The van der Waals surface area contributed by atoms with E-state index in [-0.39, 0.29) is 11.3 Å². The first-order chi connectivity index (χ1) is 6.66. The highest BCUT2D eigenvalue weighted by atomic mass is 19.3. The van der Waals surface area contributed by atoms with Crippen LogP contribution in [0.1, 0.15) is 30.4 Å². The predicted molar refractivity (Wildman–Crippen MR) is 49.5 cm³/mol. The Bertz CT molecular complexity index is 332. The summed E-state index contributed by atoms with van der Waals surface area (Å²) in [4.78, 5) is 0. The summed E-state index contributed by atoms with van der Waals surface area (Å²) in [6.45, 7) is 0. The van der Waals surface area contributed by atoms with Crippen molar-refractivity contribution in [3.8, 4) is 5.75 Å². The molecule has 0 amide bonds. The van der Waals surface area contributed by atoms with Crippen molar-refractivity contribution >= 4 is 0 Å². The molecule has 0 aromatic heterocycles. The Morgan fingerprint density at radius 2 is 2.07 bits per heavy atom. The van der Waals surface area contributed by atoms with Crippen molar-refractivity contribution in [2.45, 2.75) is 25.7 Å². The lowest BCUT2D eigenvalue weighted by molar-refractivity contribution is 0.151. The second-order valence-corrected chi connectivity index (χ2v) is 3.84. The molecule has 0 radical (unpaired) electrons. The van der Waals surface area contributed by atoms with Crippen LogP contribution in [-0.2, 0) is 6.42 Å². The van der Waals surface area contributed by atoms with E-state index >= 15 is 0 Å². The van der Waals surface area contributed by atoms with Crippen LogP contribution >= 0.6 is 0 Å². The lowest BCUT2D eigenvalue weighted by atomic mass is 10.0. The third kappa shape index (κ3) is 2.03. The van der Waals surface area contributed by atoms with Crippen LogP contribution in [0.3, 0.4) is 0 Å². The monoisotopic (exact) mass is 198 g/mol. The van der Waals surface area contributed by atoms with Crippen molar-refractivity contribution in [1.82, 2.24) is 0 Å². The fraction of sp³-hybridized carbons (Fsp3) is 0.455. The van der Waals surface area contributed by atoms with Crippen molar-refractivity contribution in [3.63, 3.8) is 0 Å². The van der Waals surface area contributed by atoms with E-state index in [2.05, 4.69) is 0 Å². The molecule has 1 aliphatic carbocycles. The van der Waals surface area contributed by atoms with Gasteiger partial charge in [-0.05, 0) is 48.9 Å². The summed E-state index contributed by atoms with van der Waals surface area (Å²) < 4.78 is 24.7. The molecule has 76 valence electrons. The lowest BCUT2D eigenvalue weighted by Gasteiger charge is -2.06. The van der Waals surface area contributed by atoms with Gasteiger partial charge < -0.3 is 5.11 Å². The number of hydrogen-bond acceptors (Lipinski definition) is 1. The van der Waals surface area contributed by atoms with Gasteiger partial charge in [0, 0.05) is 5.56 Å². The SMILES string of the molecule is Oc1ccc(C(F)F)cc1CC1CC1. The van der Waals surface area contributed by atoms with Crippen LogP contribution in [0.5, 0.6) is 5.75 Å². The van der Waals surface area contributed by atoms with E-state index < -0.39 is 6.43 Å². The van der Waals surface area contributed by atoms with Gasteiger partial charge in [-0.25, -0.2) is 8.78 Å². The molecule has 0 bridgehead atoms. The highest BCUT2D eigenvalue weighted by Gasteiger charge is 2.23. The van der Waals surface area contributed by atoms with Crippen LogP contribution < -0.4 is 0 Å². The molecule has 0 atom stereocenters. The molecule has 14 heavy (non-hydrogen) atoms. The van der Waals surface area contributed by atoms with Gasteiger partial charge in [-0.15, -0.1) is 0 Å². The first-order valence-corrected chi connectivity index (χ1v) is 4.77. The van der Waals surface area contributed by atoms with Gasteiger partial charge in [0.15, 0.2) is 0 Å². The molecule has 1 aromatic carbocycles. The van der Waals surface area contributed by atoms with Crippen LogP contribution in [-0.4, -0.2) is 5.11 Å². The van der Waals surface area contributed by atoms with Gasteiger partial charge in [0.25, 0.3) is 6.43 Å².